The fraction of sp³-hybridized carbons (Fsp3) is 0.458. The Morgan fingerprint density at radius 2 is 2.00 bits per heavy atom. The number of nitrogens with two attached hydrogens (primary N) is 1. The molecule has 3 aliphatic rings. The van der Waals surface area contributed by atoms with Gasteiger partial charge in [-0.1, -0.05) is 12.1 Å². The molecule has 1 unspecified atom stereocenters. The van der Waals surface area contributed by atoms with E-state index in [9.17, 15) is 5.26 Å². The first kappa shape index (κ1) is 19.1. The van der Waals surface area contributed by atoms with Gasteiger partial charge in [-0.3, -0.25) is 4.98 Å². The number of benzene rings is 1. The SMILES string of the molecule is CO[C@H]1CC[C@]2(CC1)Cc1ccc(-c3cncc(C#N)c3)cc1C21CCOC(N)=N1. The summed E-state index contributed by atoms with van der Waals surface area (Å²) in [5.41, 5.74) is 11.0. The Morgan fingerprint density at radius 3 is 2.73 bits per heavy atom. The molecule has 1 atom stereocenters. The Labute approximate surface area is 176 Å². The van der Waals surface area contributed by atoms with Gasteiger partial charge in [0.1, 0.15) is 11.6 Å². The van der Waals surface area contributed by atoms with Crippen molar-refractivity contribution >= 4 is 6.02 Å². The van der Waals surface area contributed by atoms with E-state index in [0.29, 0.717) is 24.3 Å². The summed E-state index contributed by atoms with van der Waals surface area (Å²) in [4.78, 5) is 9.25. The quantitative estimate of drug-likeness (QED) is 0.827. The third-order valence-electron chi connectivity index (χ3n) is 7.40. The normalized spacial score (nSPS) is 29.9. The first-order valence-corrected chi connectivity index (χ1v) is 10.6. The maximum atomic E-state index is 9.25. The number of ether oxygens (including phenoxy) is 2. The molecule has 0 radical (unpaired) electrons. The number of methoxy groups -OCH3 is 1. The molecule has 2 spiro atoms. The number of rotatable bonds is 2. The van der Waals surface area contributed by atoms with E-state index in [4.69, 9.17) is 20.2 Å². The van der Waals surface area contributed by atoms with Crippen molar-refractivity contribution < 1.29 is 9.47 Å². The molecule has 0 amide bonds. The standard InChI is InChI=1S/C24H26N4O2/c1-29-20-4-6-23(7-5-20)12-18-3-2-17(19-10-16(13-25)14-27-15-19)11-21(18)24(23)8-9-30-22(26)28-24/h2-3,10-11,14-15,20H,4-9,12H2,1H3,(H2,26,28)/t20-,23-,24?. The molecule has 2 aliphatic carbocycles. The van der Waals surface area contributed by atoms with Crippen LogP contribution in [0.3, 0.4) is 0 Å². The zero-order valence-electron chi connectivity index (χ0n) is 17.2. The summed E-state index contributed by atoms with van der Waals surface area (Å²) in [6, 6.07) is 11.0. The summed E-state index contributed by atoms with van der Waals surface area (Å²) in [6.07, 6.45) is 9.79. The molecule has 2 N–H and O–H groups in total. The Balaban J connectivity index is 1.63. The monoisotopic (exact) mass is 402 g/mol. The van der Waals surface area contributed by atoms with Crippen molar-refractivity contribution in [3.8, 4) is 17.2 Å². The van der Waals surface area contributed by atoms with Crippen molar-refractivity contribution in [1.29, 1.82) is 5.26 Å². The molecular formula is C24H26N4O2. The summed E-state index contributed by atoms with van der Waals surface area (Å²) in [6.45, 7) is 0.583. The molecule has 0 saturated heterocycles. The molecule has 6 heteroatoms. The van der Waals surface area contributed by atoms with Crippen LogP contribution < -0.4 is 5.73 Å². The van der Waals surface area contributed by atoms with Gasteiger partial charge >= 0.3 is 0 Å². The molecule has 5 rings (SSSR count). The molecule has 1 aromatic carbocycles. The maximum absolute atomic E-state index is 9.25. The third-order valence-corrected chi connectivity index (χ3v) is 7.40. The smallest absolute Gasteiger partial charge is 0.282 e. The Bertz CT molecular complexity index is 1050. The van der Waals surface area contributed by atoms with Gasteiger partial charge in [0.25, 0.3) is 6.02 Å². The fourth-order valence-electron chi connectivity index (χ4n) is 5.88. The largest absolute Gasteiger partial charge is 0.465 e. The van der Waals surface area contributed by atoms with Crippen molar-refractivity contribution in [2.45, 2.75) is 50.2 Å². The highest BCUT2D eigenvalue weighted by atomic mass is 16.5. The molecule has 30 heavy (non-hydrogen) atoms. The van der Waals surface area contributed by atoms with E-state index in [1.54, 1.807) is 6.20 Å². The van der Waals surface area contributed by atoms with Crippen molar-refractivity contribution in [1.82, 2.24) is 4.98 Å². The van der Waals surface area contributed by atoms with E-state index in [1.807, 2.05) is 19.4 Å². The van der Waals surface area contributed by atoms with Crippen molar-refractivity contribution in [2.75, 3.05) is 13.7 Å². The van der Waals surface area contributed by atoms with Gasteiger partial charge in [0, 0.05) is 36.9 Å². The predicted molar refractivity (Wildman–Crippen MR) is 114 cm³/mol. The van der Waals surface area contributed by atoms with Crippen LogP contribution in [0.25, 0.3) is 11.1 Å². The van der Waals surface area contributed by atoms with Gasteiger partial charge in [0.15, 0.2) is 0 Å². The molecule has 2 aromatic rings. The number of nitrogens with zero attached hydrogens (tertiary/aromatic N) is 3. The zero-order valence-corrected chi connectivity index (χ0v) is 17.2. The zero-order chi connectivity index (χ0) is 20.8. The number of aliphatic imine (C=N–C) groups is 1. The van der Waals surface area contributed by atoms with Gasteiger partial charge in [-0.2, -0.15) is 5.26 Å². The van der Waals surface area contributed by atoms with E-state index in [2.05, 4.69) is 29.3 Å². The summed E-state index contributed by atoms with van der Waals surface area (Å²) in [7, 11) is 1.81. The second kappa shape index (κ2) is 7.10. The van der Waals surface area contributed by atoms with Crippen LogP contribution in [0.1, 0.15) is 48.8 Å². The van der Waals surface area contributed by atoms with E-state index in [-0.39, 0.29) is 11.0 Å². The second-order valence-electron chi connectivity index (χ2n) is 8.75. The molecule has 1 aromatic heterocycles. The van der Waals surface area contributed by atoms with Crippen LogP contribution in [0, 0.1) is 16.7 Å². The van der Waals surface area contributed by atoms with E-state index in [0.717, 1.165) is 49.7 Å². The summed E-state index contributed by atoms with van der Waals surface area (Å²) in [5.74, 6) is 0. The molecule has 1 saturated carbocycles. The molecule has 2 heterocycles. The van der Waals surface area contributed by atoms with Crippen molar-refractivity contribution in [3.05, 3.63) is 53.3 Å². The summed E-state index contributed by atoms with van der Waals surface area (Å²) in [5, 5.41) is 9.25. The minimum atomic E-state index is -0.361. The number of nitriles is 1. The minimum Gasteiger partial charge on any atom is -0.465 e. The summed E-state index contributed by atoms with van der Waals surface area (Å²) >= 11 is 0. The number of pyridine rings is 1. The van der Waals surface area contributed by atoms with E-state index in [1.165, 1.54) is 11.1 Å². The van der Waals surface area contributed by atoms with Crippen LogP contribution in [-0.4, -0.2) is 30.8 Å². The van der Waals surface area contributed by atoms with Gasteiger partial charge in [-0.15, -0.1) is 0 Å². The highest BCUT2D eigenvalue weighted by Gasteiger charge is 2.59. The maximum Gasteiger partial charge on any atom is 0.282 e. The van der Waals surface area contributed by atoms with Crippen LogP contribution in [0.5, 0.6) is 0 Å². The lowest BCUT2D eigenvalue weighted by molar-refractivity contribution is -0.0148. The van der Waals surface area contributed by atoms with Crippen LogP contribution >= 0.6 is 0 Å². The highest BCUT2D eigenvalue weighted by Crippen LogP contribution is 2.62. The van der Waals surface area contributed by atoms with E-state index >= 15 is 0 Å². The van der Waals surface area contributed by atoms with Crippen LogP contribution in [-0.2, 0) is 21.4 Å². The molecule has 1 fully saturated rings. The average Bonchev–Trinajstić information content (AvgIpc) is 3.02. The van der Waals surface area contributed by atoms with E-state index < -0.39 is 0 Å². The van der Waals surface area contributed by atoms with Crippen LogP contribution in [0.4, 0.5) is 0 Å². The number of hydrogen-bond acceptors (Lipinski definition) is 6. The number of hydrogen-bond donors (Lipinski definition) is 1. The second-order valence-corrected chi connectivity index (χ2v) is 8.75. The lowest BCUT2D eigenvalue weighted by Crippen LogP contribution is -2.49. The Morgan fingerprint density at radius 1 is 1.17 bits per heavy atom. The topological polar surface area (TPSA) is 93.5 Å². The molecular weight excluding hydrogens is 376 g/mol. The van der Waals surface area contributed by atoms with Gasteiger partial charge < -0.3 is 15.2 Å². The molecule has 1 aliphatic heterocycles. The van der Waals surface area contributed by atoms with Gasteiger partial charge in [-0.05, 0) is 60.9 Å². The van der Waals surface area contributed by atoms with Gasteiger partial charge in [0.2, 0.25) is 0 Å². The first-order chi connectivity index (χ1) is 14.6. The summed E-state index contributed by atoms with van der Waals surface area (Å²) < 4.78 is 11.2. The average molecular weight is 402 g/mol. The lowest BCUT2D eigenvalue weighted by atomic mass is 9.60. The van der Waals surface area contributed by atoms with Crippen molar-refractivity contribution in [2.24, 2.45) is 16.1 Å². The van der Waals surface area contributed by atoms with Crippen LogP contribution in [0.15, 0.2) is 41.7 Å². The number of aromatic nitrogens is 1. The third kappa shape index (κ3) is 2.80. The molecule has 0 bridgehead atoms. The number of fused-ring (bicyclic) bond motifs is 3. The molecule has 6 nitrogen and oxygen atoms in total. The fourth-order valence-corrected chi connectivity index (χ4v) is 5.88. The first-order valence-electron chi connectivity index (χ1n) is 10.6. The Hall–Kier alpha value is -2.91. The molecule has 154 valence electrons. The lowest BCUT2D eigenvalue weighted by Gasteiger charge is -2.49. The van der Waals surface area contributed by atoms with Crippen molar-refractivity contribution in [3.63, 3.8) is 0 Å². The Kier molecular flexibility index (Phi) is 4.52. The van der Waals surface area contributed by atoms with Crippen LogP contribution in [0.2, 0.25) is 0 Å². The highest BCUT2D eigenvalue weighted by molar-refractivity contribution is 5.74. The predicted octanol–water partition coefficient (Wildman–Crippen LogP) is 3.68. The van der Waals surface area contributed by atoms with Gasteiger partial charge in [-0.25, -0.2) is 4.99 Å². The minimum absolute atomic E-state index is 0.0458. The van der Waals surface area contributed by atoms with Gasteiger partial charge in [0.05, 0.1) is 18.3 Å². The number of amidine groups is 1.